The van der Waals surface area contributed by atoms with E-state index < -0.39 is 0 Å². The molecule has 0 aromatic rings. The van der Waals surface area contributed by atoms with Gasteiger partial charge in [0.2, 0.25) is 0 Å². The Morgan fingerprint density at radius 1 is 1.08 bits per heavy atom. The number of hydrogen-bond acceptors (Lipinski definition) is 4. The molecule has 4 heteroatoms. The second-order valence-corrected chi connectivity index (χ2v) is 9.11. The van der Waals surface area contributed by atoms with Crippen molar-refractivity contribution in [2.24, 2.45) is 28.6 Å². The van der Waals surface area contributed by atoms with Crippen molar-refractivity contribution >= 4 is 17.5 Å². The molecule has 4 nitrogen and oxygen atoms in total. The Bertz CT molecular complexity index is 677. The van der Waals surface area contributed by atoms with Crippen LogP contribution in [0.1, 0.15) is 65.7 Å². The van der Waals surface area contributed by atoms with E-state index in [9.17, 15) is 14.4 Å². The lowest BCUT2D eigenvalue weighted by Gasteiger charge is -2.58. The van der Waals surface area contributed by atoms with Crippen LogP contribution in [0.4, 0.5) is 0 Å². The number of esters is 1. The predicted molar refractivity (Wildman–Crippen MR) is 92.7 cm³/mol. The molecule has 4 aliphatic carbocycles. The van der Waals surface area contributed by atoms with Gasteiger partial charge in [-0.2, -0.15) is 0 Å². The normalized spacial score (nSPS) is 46.0. The maximum atomic E-state index is 12.5. The highest BCUT2D eigenvalue weighted by Gasteiger charge is 2.61. The van der Waals surface area contributed by atoms with Gasteiger partial charge < -0.3 is 4.74 Å². The van der Waals surface area contributed by atoms with Crippen molar-refractivity contribution in [3.05, 3.63) is 11.6 Å². The van der Waals surface area contributed by atoms with E-state index in [0.717, 1.165) is 37.7 Å². The van der Waals surface area contributed by atoms with Crippen molar-refractivity contribution in [2.75, 3.05) is 0 Å². The van der Waals surface area contributed by atoms with Crippen LogP contribution >= 0.6 is 0 Å². The second-order valence-electron chi connectivity index (χ2n) is 9.11. The van der Waals surface area contributed by atoms with E-state index in [2.05, 4.69) is 13.8 Å². The highest BCUT2D eigenvalue weighted by Crippen LogP contribution is 2.64. The van der Waals surface area contributed by atoms with Gasteiger partial charge in [0.15, 0.2) is 5.78 Å². The Balaban J connectivity index is 1.75. The summed E-state index contributed by atoms with van der Waals surface area (Å²) in [5, 5.41) is 0. The molecule has 4 aliphatic rings. The van der Waals surface area contributed by atoms with Gasteiger partial charge in [-0.3, -0.25) is 14.4 Å². The average Bonchev–Trinajstić information content (AvgIpc) is 2.84. The molecule has 0 amide bonds. The molecule has 0 spiro atoms. The molecule has 25 heavy (non-hydrogen) atoms. The van der Waals surface area contributed by atoms with Gasteiger partial charge in [-0.15, -0.1) is 0 Å². The molecule has 6 atom stereocenters. The summed E-state index contributed by atoms with van der Waals surface area (Å²) in [6.07, 6.45) is 7.33. The summed E-state index contributed by atoms with van der Waals surface area (Å²) in [7, 11) is 0. The smallest absolute Gasteiger partial charge is 0.303 e. The number of ketones is 2. The lowest BCUT2D eigenvalue weighted by molar-refractivity contribution is -0.154. The van der Waals surface area contributed by atoms with Gasteiger partial charge in [0.05, 0.1) is 0 Å². The summed E-state index contributed by atoms with van der Waals surface area (Å²) in [6, 6.07) is 0. The van der Waals surface area contributed by atoms with Gasteiger partial charge in [0, 0.05) is 25.2 Å². The predicted octanol–water partition coefficient (Wildman–Crippen LogP) is 3.63. The molecule has 136 valence electrons. The molecule has 3 saturated carbocycles. The first-order valence-corrected chi connectivity index (χ1v) is 9.71. The molecule has 0 saturated heterocycles. The third-order valence-corrected chi connectivity index (χ3v) is 7.97. The van der Waals surface area contributed by atoms with Crippen molar-refractivity contribution < 1.29 is 19.1 Å². The van der Waals surface area contributed by atoms with Gasteiger partial charge in [-0.1, -0.05) is 13.8 Å². The molecule has 4 rings (SSSR count). The van der Waals surface area contributed by atoms with Crippen molar-refractivity contribution in [2.45, 2.75) is 71.8 Å². The van der Waals surface area contributed by atoms with Gasteiger partial charge in [-0.05, 0) is 66.9 Å². The molecule has 0 bridgehead atoms. The number of hydrogen-bond donors (Lipinski definition) is 0. The molecule has 0 N–H and O–H groups in total. The van der Waals surface area contributed by atoms with E-state index in [4.69, 9.17) is 4.74 Å². The molecular formula is C21H28O4. The van der Waals surface area contributed by atoms with Gasteiger partial charge >= 0.3 is 5.97 Å². The lowest BCUT2D eigenvalue weighted by Crippen LogP contribution is -2.54. The van der Waals surface area contributed by atoms with Crippen molar-refractivity contribution in [1.29, 1.82) is 0 Å². The minimum Gasteiger partial charge on any atom is -0.458 e. The molecular weight excluding hydrogens is 316 g/mol. The first-order valence-electron chi connectivity index (χ1n) is 9.71. The van der Waals surface area contributed by atoms with Crippen LogP contribution in [0.15, 0.2) is 11.6 Å². The summed E-state index contributed by atoms with van der Waals surface area (Å²) in [5.41, 5.74) is 0.765. The molecule has 3 fully saturated rings. The Kier molecular flexibility index (Phi) is 3.75. The monoisotopic (exact) mass is 344 g/mol. The minimum absolute atomic E-state index is 0.0795. The first-order chi connectivity index (χ1) is 11.8. The Morgan fingerprint density at radius 3 is 2.52 bits per heavy atom. The zero-order valence-electron chi connectivity index (χ0n) is 15.5. The van der Waals surface area contributed by atoms with E-state index in [1.165, 1.54) is 6.92 Å². The minimum atomic E-state index is -0.300. The topological polar surface area (TPSA) is 60.4 Å². The molecule has 0 heterocycles. The fraction of sp³-hybridized carbons (Fsp3) is 0.762. The third-order valence-electron chi connectivity index (χ3n) is 7.97. The van der Waals surface area contributed by atoms with Crippen molar-refractivity contribution in [3.8, 4) is 0 Å². The van der Waals surface area contributed by atoms with E-state index in [1.54, 1.807) is 6.08 Å². The summed E-state index contributed by atoms with van der Waals surface area (Å²) in [4.78, 5) is 36.3. The average molecular weight is 344 g/mol. The molecule has 5 unspecified atom stereocenters. The number of rotatable bonds is 1. The summed E-state index contributed by atoms with van der Waals surface area (Å²) in [5.74, 6) is 1.58. The fourth-order valence-electron chi connectivity index (χ4n) is 6.66. The Morgan fingerprint density at radius 2 is 1.80 bits per heavy atom. The SMILES string of the molecule is CC(=O)O[C@H]1CC2C3CCC(=O)C3(C)CCC2C2(C)CCC(=O)C=C12. The first kappa shape index (κ1) is 17.0. The zero-order valence-corrected chi connectivity index (χ0v) is 15.5. The van der Waals surface area contributed by atoms with E-state index >= 15 is 0 Å². The second kappa shape index (κ2) is 5.52. The summed E-state index contributed by atoms with van der Waals surface area (Å²) in [6.45, 7) is 5.86. The van der Waals surface area contributed by atoms with Gasteiger partial charge in [0.1, 0.15) is 11.9 Å². The molecule has 0 aliphatic heterocycles. The third kappa shape index (κ3) is 2.36. The van der Waals surface area contributed by atoms with E-state index in [1.807, 2.05) is 0 Å². The molecule has 0 aromatic carbocycles. The van der Waals surface area contributed by atoms with Crippen LogP contribution in [0.5, 0.6) is 0 Å². The van der Waals surface area contributed by atoms with Crippen LogP contribution in [0.2, 0.25) is 0 Å². The number of carbonyl (C=O) groups is 3. The molecule has 0 radical (unpaired) electrons. The quantitative estimate of drug-likeness (QED) is 0.682. The van der Waals surface area contributed by atoms with Crippen LogP contribution in [-0.2, 0) is 19.1 Å². The fourth-order valence-corrected chi connectivity index (χ4v) is 6.66. The number of ether oxygens (including phenoxy) is 1. The Labute approximate surface area is 149 Å². The highest BCUT2D eigenvalue weighted by atomic mass is 16.5. The maximum absolute atomic E-state index is 12.5. The summed E-state index contributed by atoms with van der Waals surface area (Å²) < 4.78 is 5.69. The van der Waals surface area contributed by atoms with Crippen LogP contribution in [0.25, 0.3) is 0 Å². The van der Waals surface area contributed by atoms with Crippen molar-refractivity contribution in [3.63, 3.8) is 0 Å². The Hall–Kier alpha value is -1.45. The van der Waals surface area contributed by atoms with Crippen LogP contribution < -0.4 is 0 Å². The molecule has 0 aromatic heterocycles. The zero-order chi connectivity index (χ0) is 18.0. The number of fused-ring (bicyclic) bond motifs is 5. The van der Waals surface area contributed by atoms with Crippen molar-refractivity contribution in [1.82, 2.24) is 0 Å². The van der Waals surface area contributed by atoms with Crippen LogP contribution in [0.3, 0.4) is 0 Å². The van der Waals surface area contributed by atoms with Crippen LogP contribution in [-0.4, -0.2) is 23.6 Å². The largest absolute Gasteiger partial charge is 0.458 e. The van der Waals surface area contributed by atoms with Gasteiger partial charge in [0.25, 0.3) is 0 Å². The maximum Gasteiger partial charge on any atom is 0.303 e. The van der Waals surface area contributed by atoms with Gasteiger partial charge in [-0.25, -0.2) is 0 Å². The van der Waals surface area contributed by atoms with E-state index in [0.29, 0.717) is 36.4 Å². The van der Waals surface area contributed by atoms with E-state index in [-0.39, 0.29) is 28.7 Å². The highest BCUT2D eigenvalue weighted by molar-refractivity contribution is 5.92. The van der Waals surface area contributed by atoms with Crippen LogP contribution in [0, 0.1) is 28.6 Å². The number of carbonyl (C=O) groups excluding carboxylic acids is 3. The lowest BCUT2D eigenvalue weighted by atomic mass is 9.47. The number of Topliss-reactive ketones (excluding diaryl/α,β-unsaturated/α-hetero) is 1. The summed E-state index contributed by atoms with van der Waals surface area (Å²) >= 11 is 0. The standard InChI is InChI=1S/C21H28O4/c1-12(22)25-18-11-14-15-4-5-19(24)21(15,3)9-7-16(14)20(2)8-6-13(23)10-17(18)20/h10,14-16,18H,4-9,11H2,1-3H3/t14?,15?,16?,18-,20?,21?/m0/s1.